The van der Waals surface area contributed by atoms with Gasteiger partial charge in [0.2, 0.25) is 0 Å². The monoisotopic (exact) mass is 578 g/mol. The molecular weight excluding hydrogens is 553 g/mol. The van der Waals surface area contributed by atoms with Crippen LogP contribution in [-0.2, 0) is 6.18 Å². The van der Waals surface area contributed by atoms with E-state index in [1.165, 1.54) is 6.07 Å². The maximum atomic E-state index is 13.6. The summed E-state index contributed by atoms with van der Waals surface area (Å²) < 4.78 is 40.7. The number of para-hydroxylation sites is 1. The molecule has 44 heavy (non-hydrogen) atoms. The van der Waals surface area contributed by atoms with Crippen molar-refractivity contribution in [1.29, 1.82) is 0 Å². The van der Waals surface area contributed by atoms with E-state index in [2.05, 4.69) is 53.5 Å². The highest BCUT2D eigenvalue weighted by Gasteiger charge is 2.32. The van der Waals surface area contributed by atoms with Crippen molar-refractivity contribution in [1.82, 2.24) is 9.97 Å². The van der Waals surface area contributed by atoms with Gasteiger partial charge < -0.3 is 0 Å². The molecule has 0 unspecified atom stereocenters. The summed E-state index contributed by atoms with van der Waals surface area (Å²) in [5.74, 6) is 0. The van der Waals surface area contributed by atoms with Crippen LogP contribution in [0.15, 0.2) is 152 Å². The second kappa shape index (κ2) is 11.3. The van der Waals surface area contributed by atoms with Crippen LogP contribution in [0.5, 0.6) is 0 Å². The molecule has 0 aliphatic rings. The Balaban J connectivity index is 1.39. The van der Waals surface area contributed by atoms with E-state index in [9.17, 15) is 13.2 Å². The molecule has 0 aliphatic heterocycles. The number of benzene rings is 5. The quantitative estimate of drug-likeness (QED) is 0.203. The first kappa shape index (κ1) is 27.3. The molecule has 0 aliphatic carbocycles. The summed E-state index contributed by atoms with van der Waals surface area (Å²) >= 11 is 0. The second-order valence-corrected chi connectivity index (χ2v) is 10.5. The summed E-state index contributed by atoms with van der Waals surface area (Å²) in [5.41, 5.74) is 8.53. The number of halogens is 3. The molecule has 5 heteroatoms. The van der Waals surface area contributed by atoms with Gasteiger partial charge in [0.1, 0.15) is 5.69 Å². The van der Waals surface area contributed by atoms with E-state index >= 15 is 0 Å². The van der Waals surface area contributed by atoms with Gasteiger partial charge in [0, 0.05) is 16.5 Å². The molecule has 2 aromatic heterocycles. The zero-order chi connectivity index (χ0) is 30.1. The fourth-order valence-corrected chi connectivity index (χ4v) is 5.75. The van der Waals surface area contributed by atoms with E-state index in [1.807, 2.05) is 84.9 Å². The highest BCUT2D eigenvalue weighted by Crippen LogP contribution is 2.43. The van der Waals surface area contributed by atoms with Gasteiger partial charge in [-0.05, 0) is 57.6 Å². The SMILES string of the molecule is FC(F)(F)c1cccc(-c2ccccc2-c2ccccc2-c2ccccc2-c2ccccc2-c2ccc3ccccc3n2)n1. The molecule has 2 heterocycles. The minimum Gasteiger partial charge on any atom is -0.248 e. The number of fused-ring (bicyclic) bond motifs is 1. The van der Waals surface area contributed by atoms with E-state index in [4.69, 9.17) is 4.98 Å². The third-order valence-electron chi connectivity index (χ3n) is 7.77. The Kier molecular flexibility index (Phi) is 6.99. The molecule has 0 spiro atoms. The Hall–Kier alpha value is -5.55. The maximum absolute atomic E-state index is 13.6. The van der Waals surface area contributed by atoms with Gasteiger partial charge >= 0.3 is 6.18 Å². The van der Waals surface area contributed by atoms with Crippen molar-refractivity contribution in [3.05, 3.63) is 157 Å². The predicted molar refractivity (Wildman–Crippen MR) is 172 cm³/mol. The van der Waals surface area contributed by atoms with Crippen LogP contribution in [0, 0.1) is 0 Å². The molecule has 0 fully saturated rings. The number of hydrogen-bond acceptors (Lipinski definition) is 2. The summed E-state index contributed by atoms with van der Waals surface area (Å²) in [6, 6.07) is 48.2. The van der Waals surface area contributed by atoms with Crippen LogP contribution in [0.2, 0.25) is 0 Å². The number of rotatable bonds is 5. The van der Waals surface area contributed by atoms with Gasteiger partial charge in [0.25, 0.3) is 0 Å². The Bertz CT molecular complexity index is 2130. The number of alkyl halides is 3. The smallest absolute Gasteiger partial charge is 0.248 e. The normalized spacial score (nSPS) is 11.5. The van der Waals surface area contributed by atoms with Crippen molar-refractivity contribution in [2.75, 3.05) is 0 Å². The molecule has 0 saturated carbocycles. The lowest BCUT2D eigenvalue weighted by atomic mass is 9.86. The summed E-state index contributed by atoms with van der Waals surface area (Å²) in [6.45, 7) is 0. The van der Waals surface area contributed by atoms with Crippen molar-refractivity contribution >= 4 is 10.9 Å². The van der Waals surface area contributed by atoms with Gasteiger partial charge in [-0.1, -0.05) is 127 Å². The Labute approximate surface area is 253 Å². The number of aromatic nitrogens is 2. The molecular formula is C39H25F3N2. The first-order chi connectivity index (χ1) is 21.5. The Morgan fingerprint density at radius 3 is 1.25 bits per heavy atom. The van der Waals surface area contributed by atoms with E-state index in [0.717, 1.165) is 61.6 Å². The molecule has 5 aromatic carbocycles. The highest BCUT2D eigenvalue weighted by molar-refractivity contribution is 5.98. The highest BCUT2D eigenvalue weighted by atomic mass is 19.4. The number of pyridine rings is 2. The van der Waals surface area contributed by atoms with Crippen LogP contribution in [0.4, 0.5) is 13.2 Å². The van der Waals surface area contributed by atoms with Crippen molar-refractivity contribution in [3.8, 4) is 55.9 Å². The fourth-order valence-electron chi connectivity index (χ4n) is 5.75. The lowest BCUT2D eigenvalue weighted by Crippen LogP contribution is -2.08. The summed E-state index contributed by atoms with van der Waals surface area (Å²) in [5, 5.41) is 1.08. The lowest BCUT2D eigenvalue weighted by molar-refractivity contribution is -0.141. The van der Waals surface area contributed by atoms with Crippen molar-refractivity contribution in [2.45, 2.75) is 6.18 Å². The van der Waals surface area contributed by atoms with Gasteiger partial charge in [-0.3, -0.25) is 0 Å². The molecule has 2 nitrogen and oxygen atoms in total. The molecule has 0 N–H and O–H groups in total. The zero-order valence-electron chi connectivity index (χ0n) is 23.5. The Morgan fingerprint density at radius 2 is 0.750 bits per heavy atom. The topological polar surface area (TPSA) is 25.8 Å². The molecule has 0 bridgehead atoms. The minimum absolute atomic E-state index is 0.270. The van der Waals surface area contributed by atoms with E-state index in [0.29, 0.717) is 5.56 Å². The van der Waals surface area contributed by atoms with Gasteiger partial charge in [0.05, 0.1) is 16.9 Å². The van der Waals surface area contributed by atoms with Crippen LogP contribution < -0.4 is 0 Å². The summed E-state index contributed by atoms with van der Waals surface area (Å²) in [4.78, 5) is 8.98. The van der Waals surface area contributed by atoms with Gasteiger partial charge in [0.15, 0.2) is 0 Å². The average Bonchev–Trinajstić information content (AvgIpc) is 3.08. The third kappa shape index (κ3) is 5.13. The van der Waals surface area contributed by atoms with Gasteiger partial charge in [-0.15, -0.1) is 0 Å². The maximum Gasteiger partial charge on any atom is 0.433 e. The first-order valence-corrected chi connectivity index (χ1v) is 14.3. The predicted octanol–water partition coefficient (Wildman–Crippen LogP) is 11.0. The lowest BCUT2D eigenvalue weighted by Gasteiger charge is -2.18. The van der Waals surface area contributed by atoms with Crippen LogP contribution >= 0.6 is 0 Å². The van der Waals surface area contributed by atoms with Crippen LogP contribution in [0.25, 0.3) is 66.8 Å². The van der Waals surface area contributed by atoms with Crippen LogP contribution in [0.1, 0.15) is 5.69 Å². The number of nitrogens with zero attached hydrogens (tertiary/aromatic N) is 2. The van der Waals surface area contributed by atoms with Crippen LogP contribution in [0.3, 0.4) is 0 Å². The van der Waals surface area contributed by atoms with Crippen molar-refractivity contribution < 1.29 is 13.2 Å². The molecule has 7 rings (SSSR count). The van der Waals surface area contributed by atoms with E-state index in [-0.39, 0.29) is 5.69 Å². The standard InChI is InChI=1S/C39H25F3N2/c40-39(41,42)38-23-11-22-36(44-38)33-19-8-6-17-31(33)29-15-4-2-13-27(29)28-14-3-5-16-30(28)32-18-7-9-20-34(32)37-25-24-26-12-1-10-21-35(26)43-37/h1-25H. The summed E-state index contributed by atoms with van der Waals surface area (Å²) in [6.07, 6.45) is -4.53. The van der Waals surface area contributed by atoms with Crippen molar-refractivity contribution in [2.24, 2.45) is 0 Å². The van der Waals surface area contributed by atoms with Crippen LogP contribution in [-0.4, -0.2) is 9.97 Å². The fraction of sp³-hybridized carbons (Fsp3) is 0.0256. The summed E-state index contributed by atoms with van der Waals surface area (Å²) in [7, 11) is 0. The molecule has 0 radical (unpaired) electrons. The van der Waals surface area contributed by atoms with Gasteiger partial charge in [-0.2, -0.15) is 13.2 Å². The number of hydrogen-bond donors (Lipinski definition) is 0. The molecule has 212 valence electrons. The molecule has 7 aromatic rings. The molecule has 0 saturated heterocycles. The second-order valence-electron chi connectivity index (χ2n) is 10.5. The first-order valence-electron chi connectivity index (χ1n) is 14.3. The third-order valence-corrected chi connectivity index (χ3v) is 7.77. The average molecular weight is 579 g/mol. The van der Waals surface area contributed by atoms with Crippen molar-refractivity contribution in [3.63, 3.8) is 0 Å². The molecule has 0 atom stereocenters. The largest absolute Gasteiger partial charge is 0.433 e. The minimum atomic E-state index is -4.53. The van der Waals surface area contributed by atoms with E-state index in [1.54, 1.807) is 6.07 Å². The van der Waals surface area contributed by atoms with E-state index < -0.39 is 11.9 Å². The zero-order valence-corrected chi connectivity index (χ0v) is 23.5. The molecule has 0 amide bonds. The Morgan fingerprint density at radius 1 is 0.341 bits per heavy atom. The van der Waals surface area contributed by atoms with Gasteiger partial charge in [-0.25, -0.2) is 9.97 Å².